The summed E-state index contributed by atoms with van der Waals surface area (Å²) in [7, 11) is 0. The molecule has 3 aromatic heterocycles. The molecule has 0 N–H and O–H groups in total. The lowest BCUT2D eigenvalue weighted by Crippen LogP contribution is -2.16. The highest BCUT2D eigenvalue weighted by molar-refractivity contribution is 6.14. The Balaban J connectivity index is 0.000000111. The van der Waals surface area contributed by atoms with E-state index in [0.717, 1.165) is 128 Å². The normalized spacial score (nSPS) is 13.1. The fourth-order valence-corrected chi connectivity index (χ4v) is 22.5. The third-order valence-electron chi connectivity index (χ3n) is 29.7. The van der Waals surface area contributed by atoms with Crippen molar-refractivity contribution in [1.82, 2.24) is 0 Å². The van der Waals surface area contributed by atoms with Gasteiger partial charge in [-0.2, -0.15) is 0 Å². The van der Waals surface area contributed by atoms with Gasteiger partial charge < -0.3 is 28.0 Å². The van der Waals surface area contributed by atoms with E-state index in [-0.39, 0.29) is 16.2 Å². The summed E-state index contributed by atoms with van der Waals surface area (Å²) < 4.78 is 19.4. The lowest BCUT2D eigenvalue weighted by Gasteiger charge is -2.29. The third kappa shape index (κ3) is 14.8. The van der Waals surface area contributed by atoms with Gasteiger partial charge in [-0.25, -0.2) is 0 Å². The van der Waals surface area contributed by atoms with Crippen LogP contribution in [0, 0.1) is 0 Å². The molecule has 24 aromatic rings. The Labute approximate surface area is 821 Å². The molecule has 3 aliphatic rings. The summed E-state index contributed by atoms with van der Waals surface area (Å²) in [4.78, 5) is 7.16. The van der Waals surface area contributed by atoms with Crippen molar-refractivity contribution in [2.24, 2.45) is 0 Å². The number of hydrogen-bond donors (Lipinski definition) is 0. The van der Waals surface area contributed by atoms with Crippen molar-refractivity contribution < 1.29 is 13.3 Å². The number of anilines is 9. The van der Waals surface area contributed by atoms with Gasteiger partial charge in [-0.15, -0.1) is 0 Å². The van der Waals surface area contributed by atoms with Crippen molar-refractivity contribution in [3.8, 4) is 100 Å². The molecule has 0 atom stereocenters. The van der Waals surface area contributed by atoms with E-state index < -0.39 is 0 Å². The molecule has 0 radical (unpaired) electrons. The van der Waals surface area contributed by atoms with Crippen LogP contribution in [0.5, 0.6) is 0 Å². The maximum Gasteiger partial charge on any atom is 0.143 e. The molecule has 672 valence electrons. The van der Waals surface area contributed by atoms with Crippen LogP contribution in [0.3, 0.4) is 0 Å². The summed E-state index contributed by atoms with van der Waals surface area (Å²) in [6.07, 6.45) is 0. The highest BCUT2D eigenvalue weighted by atomic mass is 16.3. The summed E-state index contributed by atoms with van der Waals surface area (Å²) in [5.41, 5.74) is 45.3. The Hall–Kier alpha value is -17.6. The fraction of sp³-hybridized carbons (Fsp3) is 0.0667. The minimum atomic E-state index is -0.143. The van der Waals surface area contributed by atoms with Crippen molar-refractivity contribution >= 4 is 117 Å². The first-order valence-corrected chi connectivity index (χ1v) is 48.8. The van der Waals surface area contributed by atoms with Gasteiger partial charge in [0.1, 0.15) is 33.5 Å². The average Bonchev–Trinajstić information content (AvgIpc) is 1.54. The van der Waals surface area contributed by atoms with Gasteiger partial charge in [-0.3, -0.25) is 0 Å². The van der Waals surface area contributed by atoms with E-state index in [9.17, 15) is 0 Å². The second-order valence-corrected chi connectivity index (χ2v) is 38.9. The molecule has 27 rings (SSSR count). The van der Waals surface area contributed by atoms with Gasteiger partial charge in [-0.05, 0) is 233 Å². The number of fused-ring (bicyclic) bond motifs is 19. The van der Waals surface area contributed by atoms with Gasteiger partial charge in [0, 0.05) is 116 Å². The fourth-order valence-electron chi connectivity index (χ4n) is 22.5. The van der Waals surface area contributed by atoms with Crippen molar-refractivity contribution in [2.45, 2.75) is 57.8 Å². The van der Waals surface area contributed by atoms with E-state index in [2.05, 4.69) is 517 Å². The Morgan fingerprint density at radius 3 is 0.872 bits per heavy atom. The number of para-hydroxylation sites is 5. The van der Waals surface area contributed by atoms with Crippen molar-refractivity contribution in [3.05, 3.63) is 525 Å². The Morgan fingerprint density at radius 2 is 0.433 bits per heavy atom. The number of benzene rings is 21. The standard InChI is InChI=1S/3C45H33NO/c1-45(2)40-27-25-36(29-39(40)43-41(45)28-26-38-37-15-9-10-16-42(37)47-44(38)43)46(34-21-17-32(18-22-34)30-11-5-3-6-12-30)35-23-19-33(20-24-35)31-13-7-4-8-14-31;1-45(2)39-18-8-6-15-38(39)43-40(45)19-11-20-41(43)46(33-26-22-31(23-27-33)30-12-4-3-5-13-30)34-28-24-32(25-29-34)35-16-10-17-37-36-14-7-9-21-42(36)47-44(35)37;1-45(2)41-17-8-6-13-37(41)38-28-27-35(29-42(38)45)46(33-23-19-31(20-24-33)30-11-4-3-5-12-30)34-25-21-32(22-26-34)36-15-10-16-40-39-14-7-9-18-43(39)47-44(36)40/h3*3-29H,1-2H3. The van der Waals surface area contributed by atoms with Crippen LogP contribution in [0.15, 0.2) is 505 Å². The van der Waals surface area contributed by atoms with Crippen LogP contribution in [-0.2, 0) is 16.2 Å². The van der Waals surface area contributed by atoms with E-state index in [1.54, 1.807) is 0 Å². The first-order valence-electron chi connectivity index (χ1n) is 48.8. The van der Waals surface area contributed by atoms with Crippen LogP contribution >= 0.6 is 0 Å². The van der Waals surface area contributed by atoms with E-state index in [1.165, 1.54) is 122 Å². The van der Waals surface area contributed by atoms with Crippen molar-refractivity contribution in [1.29, 1.82) is 0 Å². The van der Waals surface area contributed by atoms with Crippen LogP contribution in [0.1, 0.15) is 74.9 Å². The first kappa shape index (κ1) is 85.1. The first-order chi connectivity index (χ1) is 69.2. The summed E-state index contributed by atoms with van der Waals surface area (Å²) in [5, 5.41) is 6.90. The molecular weight excluding hydrogens is 1710 g/mol. The zero-order valence-electron chi connectivity index (χ0n) is 79.3. The second kappa shape index (κ2) is 34.6. The van der Waals surface area contributed by atoms with Gasteiger partial charge in [0.15, 0.2) is 0 Å². The maximum absolute atomic E-state index is 6.61. The van der Waals surface area contributed by atoms with Crippen LogP contribution in [0.25, 0.3) is 166 Å². The number of nitrogens with zero attached hydrogens (tertiary/aromatic N) is 3. The smallest absolute Gasteiger partial charge is 0.143 e. The summed E-state index contributed by atoms with van der Waals surface area (Å²) in [6.45, 7) is 14.0. The van der Waals surface area contributed by atoms with Crippen molar-refractivity contribution in [3.63, 3.8) is 0 Å². The largest absolute Gasteiger partial charge is 0.455 e. The lowest BCUT2D eigenvalue weighted by molar-refractivity contribution is 0.653. The molecule has 3 heterocycles. The van der Waals surface area contributed by atoms with Gasteiger partial charge in [-0.1, -0.05) is 412 Å². The number of furan rings is 3. The molecule has 3 aliphatic carbocycles. The van der Waals surface area contributed by atoms with Gasteiger partial charge in [0.05, 0.1) is 5.69 Å². The Kier molecular flexibility index (Phi) is 20.9. The SMILES string of the molecule is CC1(C)c2ccc(N(c3ccc(-c4ccccc4)cc3)c3ccc(-c4ccccc4)cc3)cc2-c2c1ccc1c2oc2ccccc21.CC1(C)c2ccccc2-c2c(N(c3ccc(-c4ccccc4)cc3)c3ccc(-c4cccc5c4oc4ccccc45)cc3)cccc21.CC1(C)c2ccccc2-c2ccc(N(c3ccc(-c4ccccc4)cc3)c3ccc(-c4cccc5c4oc4ccccc45)cc3)cc21. The Bertz CT molecular complexity index is 8790. The summed E-state index contributed by atoms with van der Waals surface area (Å²) in [5.74, 6) is 0. The molecule has 0 saturated heterocycles. The van der Waals surface area contributed by atoms with Crippen LogP contribution < -0.4 is 14.7 Å². The number of hydrogen-bond acceptors (Lipinski definition) is 6. The highest BCUT2D eigenvalue weighted by Crippen LogP contribution is 2.58. The van der Waals surface area contributed by atoms with E-state index in [1.807, 2.05) is 30.3 Å². The quantitative estimate of drug-likeness (QED) is 0.102. The van der Waals surface area contributed by atoms with Gasteiger partial charge in [0.2, 0.25) is 0 Å². The van der Waals surface area contributed by atoms with E-state index in [4.69, 9.17) is 13.3 Å². The zero-order chi connectivity index (χ0) is 94.6. The molecule has 141 heavy (non-hydrogen) atoms. The monoisotopic (exact) mass is 1810 g/mol. The van der Waals surface area contributed by atoms with Crippen LogP contribution in [-0.4, -0.2) is 0 Å². The zero-order valence-corrected chi connectivity index (χ0v) is 79.3. The van der Waals surface area contributed by atoms with Crippen LogP contribution in [0.2, 0.25) is 0 Å². The molecule has 0 fully saturated rings. The predicted molar refractivity (Wildman–Crippen MR) is 591 cm³/mol. The third-order valence-corrected chi connectivity index (χ3v) is 29.7. The second-order valence-electron chi connectivity index (χ2n) is 38.9. The molecule has 0 spiro atoms. The van der Waals surface area contributed by atoms with Gasteiger partial charge >= 0.3 is 0 Å². The van der Waals surface area contributed by atoms with Crippen molar-refractivity contribution in [2.75, 3.05) is 14.7 Å². The molecule has 0 bridgehead atoms. The van der Waals surface area contributed by atoms with Gasteiger partial charge in [0.25, 0.3) is 0 Å². The van der Waals surface area contributed by atoms with E-state index >= 15 is 0 Å². The lowest BCUT2D eigenvalue weighted by atomic mass is 9.82. The molecule has 6 nitrogen and oxygen atoms in total. The number of rotatable bonds is 15. The molecule has 0 saturated carbocycles. The molecule has 21 aromatic carbocycles. The van der Waals surface area contributed by atoms with E-state index in [0.29, 0.717) is 0 Å². The molecule has 0 aliphatic heterocycles. The molecular formula is C135H99N3O3. The average molecular weight is 1810 g/mol. The van der Waals surface area contributed by atoms with Crippen LogP contribution in [0.4, 0.5) is 51.2 Å². The minimum Gasteiger partial charge on any atom is -0.455 e. The molecule has 6 heteroatoms. The summed E-state index contributed by atoms with van der Waals surface area (Å²) in [6, 6.07) is 177. The molecule has 0 amide bonds. The maximum atomic E-state index is 6.61. The molecule has 0 unspecified atom stereocenters. The highest BCUT2D eigenvalue weighted by Gasteiger charge is 2.41. The predicted octanol–water partition coefficient (Wildman–Crippen LogP) is 38.1. The topological polar surface area (TPSA) is 49.1 Å². The summed E-state index contributed by atoms with van der Waals surface area (Å²) >= 11 is 0. The minimum absolute atomic E-state index is 0.0834. The Morgan fingerprint density at radius 1 is 0.156 bits per heavy atom.